The maximum Gasteiger partial charge on any atom is 0.573 e. The lowest BCUT2D eigenvalue weighted by Crippen LogP contribution is -2.39. The molecule has 26 nitrogen and oxygen atoms in total. The molecule has 0 amide bonds. The summed E-state index contributed by atoms with van der Waals surface area (Å²) in [4.78, 5) is 91.2. The zero-order valence-corrected chi connectivity index (χ0v) is 64.3. The molecule has 39 heteroatoms. The molecule has 6 heterocycles. The summed E-state index contributed by atoms with van der Waals surface area (Å²) in [5.74, 6) is -0.864. The first-order chi connectivity index (χ1) is 53.0. The van der Waals surface area contributed by atoms with E-state index in [1.165, 1.54) is 90.0 Å². The van der Waals surface area contributed by atoms with Crippen LogP contribution in [0.4, 0.5) is 68.5 Å². The molecule has 12 rings (SSSR count). The number of nitrogens with one attached hydrogen (secondary N) is 2. The number of nitrogens with zero attached hydrogens (tertiary/aromatic N) is 12. The van der Waals surface area contributed by atoms with E-state index in [0.29, 0.717) is 50.5 Å². The van der Waals surface area contributed by atoms with Gasteiger partial charge in [-0.15, -0.1) is 39.5 Å². The quantitative estimate of drug-likeness (QED) is 0.0239. The molecule has 0 bridgehead atoms. The molecular weight excluding hydrogens is 1640 g/mol. The van der Waals surface area contributed by atoms with Crippen LogP contribution in [0.25, 0.3) is 33.5 Å². The molecule has 6 aromatic heterocycles. The molecule has 0 fully saturated rings. The fourth-order valence-corrected chi connectivity index (χ4v) is 11.9. The van der Waals surface area contributed by atoms with Crippen LogP contribution in [0.1, 0.15) is 84.4 Å². The summed E-state index contributed by atoms with van der Waals surface area (Å²) in [6.45, 7) is 7.15. The van der Waals surface area contributed by atoms with Crippen molar-refractivity contribution in [2.24, 2.45) is 21.1 Å². The molecule has 114 heavy (non-hydrogen) atoms. The minimum Gasteiger partial charge on any atom is -0.406 e. The van der Waals surface area contributed by atoms with E-state index >= 15 is 0 Å². The largest absolute Gasteiger partial charge is 0.573 e. The Morgan fingerprint density at radius 2 is 0.737 bits per heavy atom. The average Bonchev–Trinajstić information content (AvgIpc) is 1.60. The van der Waals surface area contributed by atoms with Gasteiger partial charge in [-0.1, -0.05) is 131 Å². The van der Waals surface area contributed by atoms with Crippen molar-refractivity contribution in [3.8, 4) is 17.2 Å². The lowest BCUT2D eigenvalue weighted by Gasteiger charge is -2.13. The predicted molar refractivity (Wildman–Crippen MR) is 425 cm³/mol. The Morgan fingerprint density at radius 1 is 0.439 bits per heavy atom. The van der Waals surface area contributed by atoms with Gasteiger partial charge in [-0.05, 0) is 132 Å². The number of ether oxygens (including phenoxy) is 3. The van der Waals surface area contributed by atoms with Crippen LogP contribution in [0.5, 0.6) is 17.2 Å². The highest BCUT2D eigenvalue weighted by atomic mass is 79.9. The van der Waals surface area contributed by atoms with Crippen molar-refractivity contribution in [3.05, 3.63) is 245 Å². The lowest BCUT2D eigenvalue weighted by atomic mass is 10.2. The van der Waals surface area contributed by atoms with Crippen molar-refractivity contribution < 1.29 is 63.9 Å². The molecule has 0 saturated heterocycles. The van der Waals surface area contributed by atoms with Gasteiger partial charge in [-0.25, -0.2) is 19.4 Å². The molecule has 0 aliphatic carbocycles. The number of unbranched alkanes of at least 4 members (excludes halogenated alkanes) is 2. The first-order valence-corrected chi connectivity index (χ1v) is 36.0. The van der Waals surface area contributed by atoms with E-state index in [4.69, 9.17) is 45.6 Å². The molecule has 0 aliphatic rings. The van der Waals surface area contributed by atoms with E-state index in [9.17, 15) is 73.4 Å². The summed E-state index contributed by atoms with van der Waals surface area (Å²) < 4.78 is 135. The number of benzene rings is 6. The van der Waals surface area contributed by atoms with Crippen LogP contribution in [0, 0.1) is 0 Å². The maximum absolute atomic E-state index is 13.4. The third-order valence-electron chi connectivity index (χ3n) is 16.2. The minimum absolute atomic E-state index is 0. The molecular formula is C75H82BrCl3F9N15O11. The number of fused-ring (bicyclic) bond motifs is 3. The number of halogens is 13. The van der Waals surface area contributed by atoms with Crippen LogP contribution in [-0.2, 0) is 60.4 Å². The fraction of sp³-hybridized carbons (Fsp3) is 0.320. The Kier molecular flexibility index (Phi) is 32.9. The van der Waals surface area contributed by atoms with Gasteiger partial charge < -0.3 is 45.4 Å². The van der Waals surface area contributed by atoms with Crippen LogP contribution in [0.3, 0.4) is 0 Å². The smallest absolute Gasteiger partial charge is 0.406 e. The highest BCUT2D eigenvalue weighted by Crippen LogP contribution is 2.32. The molecule has 6 aromatic carbocycles. The number of nitrogen functional groups attached to an aromatic ring is 1. The number of hydrogen-bond acceptors (Lipinski definition) is 17. The van der Waals surface area contributed by atoms with Gasteiger partial charge >= 0.3 is 36.2 Å². The average molecular weight is 1730 g/mol. The normalized spacial score (nSPS) is 11.2. The number of aliphatic hydroxyl groups is 2. The number of rotatable bonds is 22. The second-order valence-corrected chi connectivity index (χ2v) is 26.4. The van der Waals surface area contributed by atoms with Gasteiger partial charge in [0, 0.05) is 104 Å². The van der Waals surface area contributed by atoms with E-state index in [1.807, 2.05) is 26.0 Å². The summed E-state index contributed by atoms with van der Waals surface area (Å²) in [6, 6.07) is 36.8. The highest BCUT2D eigenvalue weighted by Gasteiger charge is 2.34. The fourth-order valence-electron chi connectivity index (χ4n) is 11.0. The number of aromatic nitrogens is 12. The number of nitrogens with two attached hydrogens (primary N) is 1. The van der Waals surface area contributed by atoms with Crippen molar-refractivity contribution >= 4 is 113 Å². The zero-order valence-electron chi connectivity index (χ0n) is 60.5. The van der Waals surface area contributed by atoms with E-state index in [0.717, 1.165) is 64.8 Å². The van der Waals surface area contributed by atoms with Crippen molar-refractivity contribution in [3.63, 3.8) is 0 Å². The molecule has 0 aliphatic heterocycles. The van der Waals surface area contributed by atoms with Crippen molar-refractivity contribution in [1.29, 1.82) is 0 Å². The van der Waals surface area contributed by atoms with E-state index < -0.39 is 53.1 Å². The molecule has 614 valence electrons. The van der Waals surface area contributed by atoms with E-state index in [1.54, 1.807) is 83.8 Å². The standard InChI is InChI=1S/C24H23ClF3N5O3.C23H21ClF3N5O4.C17H18BrClN4O2.C7H6F3NO.C2H6O.2CH4/c1-3-4-12-32-21(34)19-20(31(2)23(32)35)30-22(33(19)14-15-8-10-16(25)11-9-15)29-17-6-5-7-18(13-17)36-24(26,27)28;1-30-19-18(20(34)31(22(30)35)10-3-11-33)32(13-14-6-8-15(24)9-7-14)21(29-19)28-16-4-2-5-17(12-16)36-23(25,26)27;1-3-4-9-22-15(24)13-14(21(2)17(22)25)20-16(18)23(13)10-11-5-7-12(19)8-6-11;8-7(9,10)12-6-3-1-2-5(11)4-6;1-2-3;;/h5-11,13H,3-4,12,14H2,1-2H3,(H,29,30);2,4-9,12,33H,3,10-11,13H2,1H3,(H,28,29);5-8H,3-4,9-10H2,1-2H3;1-4H,11H2;3H,2H2,1H3;2*1H4. The molecule has 0 radical (unpaired) electrons. The lowest BCUT2D eigenvalue weighted by molar-refractivity contribution is -0.275. The molecule has 12 aromatic rings. The summed E-state index contributed by atoms with van der Waals surface area (Å²) in [5.41, 5.74) is 6.94. The summed E-state index contributed by atoms with van der Waals surface area (Å²) in [6.07, 6.45) is -11.1. The second kappa shape index (κ2) is 40.8. The minimum atomic E-state index is -4.86. The predicted octanol–water partition coefficient (Wildman–Crippen LogP) is 15.3. The number of aryl methyl sites for hydroxylation is 3. The van der Waals surface area contributed by atoms with Gasteiger partial charge in [0.1, 0.15) is 17.2 Å². The Hall–Kier alpha value is -10.8. The van der Waals surface area contributed by atoms with Crippen molar-refractivity contribution in [1.82, 2.24) is 56.1 Å². The Morgan fingerprint density at radius 3 is 1.05 bits per heavy atom. The third kappa shape index (κ3) is 24.4. The summed E-state index contributed by atoms with van der Waals surface area (Å²) in [5, 5.41) is 24.4. The van der Waals surface area contributed by atoms with Crippen LogP contribution >= 0.6 is 50.7 Å². The topological polar surface area (TPSA) is 304 Å². The third-order valence-corrected chi connectivity index (χ3v) is 17.5. The summed E-state index contributed by atoms with van der Waals surface area (Å²) in [7, 11) is 4.62. The van der Waals surface area contributed by atoms with Crippen LogP contribution in [0.2, 0.25) is 15.1 Å². The molecule has 0 unspecified atom stereocenters. The number of alkyl halides is 9. The van der Waals surface area contributed by atoms with Gasteiger partial charge in [0.15, 0.2) is 38.2 Å². The van der Waals surface area contributed by atoms with Gasteiger partial charge in [0.2, 0.25) is 11.9 Å². The van der Waals surface area contributed by atoms with Gasteiger partial charge in [-0.2, -0.15) is 9.97 Å². The molecule has 0 atom stereocenters. The summed E-state index contributed by atoms with van der Waals surface area (Å²) >= 11 is 21.3. The number of imidazole rings is 3. The van der Waals surface area contributed by atoms with Crippen LogP contribution in [0.15, 0.2) is 179 Å². The maximum atomic E-state index is 13.4. The van der Waals surface area contributed by atoms with Gasteiger partial charge in [-0.3, -0.25) is 50.9 Å². The second-order valence-electron chi connectivity index (χ2n) is 24.4. The van der Waals surface area contributed by atoms with Gasteiger partial charge in [0.05, 0.1) is 19.6 Å². The van der Waals surface area contributed by atoms with Crippen LogP contribution < -0.4 is 64.3 Å². The number of aliphatic hydroxyl groups excluding tert-OH is 2. The van der Waals surface area contributed by atoms with Crippen LogP contribution in [-0.4, -0.2) is 98.6 Å². The van der Waals surface area contributed by atoms with Gasteiger partial charge in [0.25, 0.3) is 16.7 Å². The first-order valence-electron chi connectivity index (χ1n) is 34.0. The van der Waals surface area contributed by atoms with Crippen molar-refractivity contribution in [2.75, 3.05) is 29.6 Å². The number of hydrogen-bond donors (Lipinski definition) is 5. The molecule has 0 saturated carbocycles. The Bertz CT molecular complexity index is 5400. The SMILES string of the molecule is C.C.CCCCn1c(=O)c2c(nc(Br)n2Cc2ccc(Cl)cc2)n(C)c1=O.CCCCn1c(=O)c2c(nc(Nc3cccc(OC(F)(F)F)c3)n2Cc2ccc(Cl)cc2)n(C)c1=O.CCO.Cn1c(=O)n(CCCO)c(=O)c2c1nc(Nc1cccc(OC(F)(F)F)c1)n2Cc1ccc(Cl)cc1.Nc1cccc(OC(F)(F)F)c1. The number of anilines is 5. The van der Waals surface area contributed by atoms with E-state index in [2.05, 4.69) is 55.7 Å². The highest BCUT2D eigenvalue weighted by molar-refractivity contribution is 9.10. The molecule has 6 N–H and O–H groups in total. The molecule has 0 spiro atoms. The Labute approximate surface area is 668 Å². The van der Waals surface area contributed by atoms with Crippen molar-refractivity contribution in [2.45, 2.75) is 126 Å². The first kappa shape index (κ1) is 92.1. The zero-order chi connectivity index (χ0) is 82.1. The van der Waals surface area contributed by atoms with E-state index in [-0.39, 0.29) is 129 Å². The monoisotopic (exact) mass is 1720 g/mol. The Balaban J connectivity index is 0.000000245.